The molecule has 0 saturated carbocycles. The second-order valence-corrected chi connectivity index (χ2v) is 8.60. The molecule has 0 fully saturated rings. The third-order valence-corrected chi connectivity index (χ3v) is 6.02. The molecule has 4 rings (SSSR count). The van der Waals surface area contributed by atoms with Gasteiger partial charge in [0.2, 0.25) is 11.8 Å². The second kappa shape index (κ2) is 9.78. The number of amides is 2. The molecule has 33 heavy (non-hydrogen) atoms. The lowest BCUT2D eigenvalue weighted by Crippen LogP contribution is -2.25. The number of anilines is 1. The molecule has 0 aliphatic carbocycles. The average molecular weight is 466 g/mol. The fraction of sp³-hybridized carbons (Fsp3) is 0.217. The standard InChI is InChI=1S/C23H23N5O4S/c1-3-12-28-21(19-13-31-17-6-4-5-7-18(17)32-19)26-27-23(28)33-14(2)22(30)25-16-10-8-15(9-11-16)20(24)29/h3-11,14,19H,1,12-13H2,2H3,(H2,24,29)(H,25,30)/t14-,19-/m0/s1. The van der Waals surface area contributed by atoms with Crippen LogP contribution in [0.2, 0.25) is 0 Å². The molecule has 2 atom stereocenters. The van der Waals surface area contributed by atoms with Crippen LogP contribution in [0, 0.1) is 0 Å². The molecule has 2 aromatic carbocycles. The van der Waals surface area contributed by atoms with Gasteiger partial charge in [-0.1, -0.05) is 30.0 Å². The molecule has 1 aliphatic heterocycles. The highest BCUT2D eigenvalue weighted by molar-refractivity contribution is 8.00. The molecule has 0 unspecified atom stereocenters. The largest absolute Gasteiger partial charge is 0.485 e. The number of hydrogen-bond acceptors (Lipinski definition) is 7. The Hall–Kier alpha value is -3.79. The molecule has 1 aliphatic rings. The van der Waals surface area contributed by atoms with Crippen LogP contribution in [0.25, 0.3) is 0 Å². The molecule has 0 spiro atoms. The number of para-hydroxylation sites is 2. The minimum Gasteiger partial charge on any atom is -0.485 e. The summed E-state index contributed by atoms with van der Waals surface area (Å²) in [5, 5.41) is 11.5. The van der Waals surface area contributed by atoms with Crippen molar-refractivity contribution >= 4 is 29.3 Å². The molecule has 9 nitrogen and oxygen atoms in total. The summed E-state index contributed by atoms with van der Waals surface area (Å²) >= 11 is 1.28. The zero-order chi connectivity index (χ0) is 23.4. The van der Waals surface area contributed by atoms with Gasteiger partial charge in [-0.3, -0.25) is 14.2 Å². The highest BCUT2D eigenvalue weighted by Gasteiger charge is 2.29. The number of aromatic nitrogens is 3. The number of rotatable bonds is 8. The summed E-state index contributed by atoms with van der Waals surface area (Å²) in [5.41, 5.74) is 6.19. The number of fused-ring (bicyclic) bond motifs is 1. The Bertz CT molecular complexity index is 1180. The fourth-order valence-electron chi connectivity index (χ4n) is 3.25. The number of benzene rings is 2. The van der Waals surface area contributed by atoms with Crippen molar-refractivity contribution in [2.45, 2.75) is 30.0 Å². The molecule has 10 heteroatoms. The average Bonchev–Trinajstić information content (AvgIpc) is 3.21. The van der Waals surface area contributed by atoms with E-state index in [2.05, 4.69) is 22.1 Å². The summed E-state index contributed by atoms with van der Waals surface area (Å²) in [6.45, 7) is 6.35. The predicted molar refractivity (Wildman–Crippen MR) is 124 cm³/mol. The zero-order valence-electron chi connectivity index (χ0n) is 17.9. The minimum absolute atomic E-state index is 0.215. The molecular formula is C23H23N5O4S. The molecular weight excluding hydrogens is 442 g/mol. The van der Waals surface area contributed by atoms with Gasteiger partial charge in [-0.05, 0) is 43.3 Å². The van der Waals surface area contributed by atoms with E-state index in [4.69, 9.17) is 15.2 Å². The maximum absolute atomic E-state index is 12.7. The van der Waals surface area contributed by atoms with Crippen molar-refractivity contribution in [2.24, 2.45) is 5.73 Å². The number of ether oxygens (including phenoxy) is 2. The molecule has 170 valence electrons. The van der Waals surface area contributed by atoms with Gasteiger partial charge < -0.3 is 20.5 Å². The van der Waals surface area contributed by atoms with Gasteiger partial charge in [-0.15, -0.1) is 16.8 Å². The van der Waals surface area contributed by atoms with Gasteiger partial charge in [-0.2, -0.15) is 0 Å². The summed E-state index contributed by atoms with van der Waals surface area (Å²) in [7, 11) is 0. The fourth-order valence-corrected chi connectivity index (χ4v) is 4.11. The third-order valence-electron chi connectivity index (χ3n) is 4.94. The number of allylic oxidation sites excluding steroid dienone is 1. The van der Waals surface area contributed by atoms with E-state index < -0.39 is 17.3 Å². The highest BCUT2D eigenvalue weighted by atomic mass is 32.2. The van der Waals surface area contributed by atoms with Crippen molar-refractivity contribution in [1.82, 2.24) is 14.8 Å². The van der Waals surface area contributed by atoms with E-state index in [9.17, 15) is 9.59 Å². The molecule has 1 aromatic heterocycles. The van der Waals surface area contributed by atoms with E-state index in [1.165, 1.54) is 11.8 Å². The molecule has 3 N–H and O–H groups in total. The number of nitrogens with zero attached hydrogens (tertiary/aromatic N) is 3. The predicted octanol–water partition coefficient (Wildman–Crippen LogP) is 3.19. The van der Waals surface area contributed by atoms with Crippen LogP contribution in [-0.4, -0.2) is 38.4 Å². The van der Waals surface area contributed by atoms with E-state index >= 15 is 0 Å². The van der Waals surface area contributed by atoms with Crippen LogP contribution >= 0.6 is 11.8 Å². The third kappa shape index (κ3) is 5.01. The maximum Gasteiger partial charge on any atom is 0.248 e. The van der Waals surface area contributed by atoms with Gasteiger partial charge in [0.1, 0.15) is 6.61 Å². The van der Waals surface area contributed by atoms with Crippen molar-refractivity contribution < 1.29 is 19.1 Å². The molecule has 3 aromatic rings. The van der Waals surface area contributed by atoms with Gasteiger partial charge in [0.25, 0.3) is 0 Å². The maximum atomic E-state index is 12.7. The summed E-state index contributed by atoms with van der Waals surface area (Å²) in [6.07, 6.45) is 1.30. The number of hydrogen-bond donors (Lipinski definition) is 2. The first kappa shape index (κ1) is 22.4. The Balaban J connectivity index is 1.46. The van der Waals surface area contributed by atoms with Gasteiger partial charge in [0.05, 0.1) is 5.25 Å². The van der Waals surface area contributed by atoms with Gasteiger partial charge in [0.15, 0.2) is 28.6 Å². The van der Waals surface area contributed by atoms with E-state index in [1.54, 1.807) is 37.3 Å². The van der Waals surface area contributed by atoms with Crippen LogP contribution in [0.1, 0.15) is 29.2 Å². The molecule has 0 radical (unpaired) electrons. The normalized spacial score (nSPS) is 15.5. The molecule has 2 amide bonds. The highest BCUT2D eigenvalue weighted by Crippen LogP contribution is 2.36. The van der Waals surface area contributed by atoms with Crippen LogP contribution < -0.4 is 20.5 Å². The molecule has 0 bridgehead atoms. The quantitative estimate of drug-likeness (QED) is 0.387. The van der Waals surface area contributed by atoms with Crippen LogP contribution in [0.15, 0.2) is 66.3 Å². The van der Waals surface area contributed by atoms with E-state index in [-0.39, 0.29) is 5.91 Å². The summed E-state index contributed by atoms with van der Waals surface area (Å²) in [5.74, 6) is 1.19. The lowest BCUT2D eigenvalue weighted by atomic mass is 10.2. The van der Waals surface area contributed by atoms with Crippen molar-refractivity contribution in [3.05, 3.63) is 72.6 Å². The monoisotopic (exact) mass is 465 g/mol. The minimum atomic E-state index is -0.523. The lowest BCUT2D eigenvalue weighted by Gasteiger charge is -2.26. The molecule has 0 saturated heterocycles. The zero-order valence-corrected chi connectivity index (χ0v) is 18.7. The summed E-state index contributed by atoms with van der Waals surface area (Å²) in [4.78, 5) is 23.9. The van der Waals surface area contributed by atoms with Crippen molar-refractivity contribution in [3.63, 3.8) is 0 Å². The van der Waals surface area contributed by atoms with E-state index in [1.807, 2.05) is 28.8 Å². The van der Waals surface area contributed by atoms with E-state index in [0.29, 0.717) is 46.9 Å². The first-order valence-electron chi connectivity index (χ1n) is 10.3. The number of primary amides is 1. The van der Waals surface area contributed by atoms with Crippen LogP contribution in [0.5, 0.6) is 11.5 Å². The van der Waals surface area contributed by atoms with Gasteiger partial charge in [-0.25, -0.2) is 0 Å². The van der Waals surface area contributed by atoms with Crippen molar-refractivity contribution in [3.8, 4) is 11.5 Å². The Morgan fingerprint density at radius 2 is 1.97 bits per heavy atom. The van der Waals surface area contributed by atoms with Crippen LogP contribution in [0.3, 0.4) is 0 Å². The van der Waals surface area contributed by atoms with Gasteiger partial charge >= 0.3 is 0 Å². The Labute approximate surface area is 195 Å². The summed E-state index contributed by atoms with van der Waals surface area (Å²) in [6, 6.07) is 13.8. The first-order valence-corrected chi connectivity index (χ1v) is 11.1. The number of nitrogens with one attached hydrogen (secondary N) is 1. The Morgan fingerprint density at radius 3 is 2.67 bits per heavy atom. The number of carbonyl (C=O) groups excluding carboxylic acids is 2. The SMILES string of the molecule is C=CCn1c(S[C@@H](C)C(=O)Nc2ccc(C(N)=O)cc2)nnc1[C@@H]1COc2ccccc2O1. The van der Waals surface area contributed by atoms with Gasteiger partial charge in [0, 0.05) is 17.8 Å². The summed E-state index contributed by atoms with van der Waals surface area (Å²) < 4.78 is 13.7. The Morgan fingerprint density at radius 1 is 1.24 bits per heavy atom. The smallest absolute Gasteiger partial charge is 0.248 e. The molecule has 2 heterocycles. The first-order chi connectivity index (χ1) is 16.0. The lowest BCUT2D eigenvalue weighted by molar-refractivity contribution is -0.115. The number of carbonyl (C=O) groups is 2. The van der Waals surface area contributed by atoms with Crippen molar-refractivity contribution in [2.75, 3.05) is 11.9 Å². The Kier molecular flexibility index (Phi) is 6.64. The van der Waals surface area contributed by atoms with Crippen LogP contribution in [0.4, 0.5) is 5.69 Å². The second-order valence-electron chi connectivity index (χ2n) is 7.30. The van der Waals surface area contributed by atoms with Crippen molar-refractivity contribution in [1.29, 1.82) is 0 Å². The topological polar surface area (TPSA) is 121 Å². The van der Waals surface area contributed by atoms with Crippen LogP contribution in [-0.2, 0) is 11.3 Å². The van der Waals surface area contributed by atoms with E-state index in [0.717, 1.165) is 0 Å². The number of nitrogens with two attached hydrogens (primary N) is 1. The number of thioether (sulfide) groups is 1.